The number of aromatic amines is 1. The summed E-state index contributed by atoms with van der Waals surface area (Å²) in [5.74, 6) is 0. The lowest BCUT2D eigenvalue weighted by Crippen LogP contribution is -1.76. The molecule has 0 radical (unpaired) electrons. The molecule has 0 amide bonds. The third-order valence-corrected chi connectivity index (χ3v) is 4.23. The van der Waals surface area contributed by atoms with E-state index in [1.165, 1.54) is 11.1 Å². The van der Waals surface area contributed by atoms with E-state index >= 15 is 0 Å². The molecule has 0 spiro atoms. The van der Waals surface area contributed by atoms with Crippen molar-refractivity contribution in [2.24, 2.45) is 0 Å². The van der Waals surface area contributed by atoms with Crippen molar-refractivity contribution < 1.29 is 4.42 Å². The van der Waals surface area contributed by atoms with Gasteiger partial charge in [-0.2, -0.15) is 0 Å². The summed E-state index contributed by atoms with van der Waals surface area (Å²) in [5, 5.41) is 2.27. The first-order valence-electron chi connectivity index (χ1n) is 7.38. The van der Waals surface area contributed by atoms with Gasteiger partial charge >= 0.3 is 0 Å². The number of benzene rings is 3. The summed E-state index contributed by atoms with van der Waals surface area (Å²) in [7, 11) is 0. The molecule has 0 aliphatic rings. The van der Waals surface area contributed by atoms with Gasteiger partial charge in [-0.05, 0) is 35.4 Å². The Labute approximate surface area is 127 Å². The standard InChI is InChI=1S/C20H13NO/c1-2-6-13(7-3-1)14-10-11-18-16(12-14)19-20(22-18)15-8-4-5-9-17(15)21-19/h1-12,21H. The molecule has 0 saturated carbocycles. The normalized spacial score (nSPS) is 11.6. The topological polar surface area (TPSA) is 28.9 Å². The van der Waals surface area contributed by atoms with E-state index in [0.717, 1.165) is 33.0 Å². The second kappa shape index (κ2) is 4.25. The van der Waals surface area contributed by atoms with Crippen LogP contribution in [0.1, 0.15) is 0 Å². The lowest BCUT2D eigenvalue weighted by molar-refractivity contribution is 0.673. The van der Waals surface area contributed by atoms with Crippen LogP contribution in [-0.2, 0) is 0 Å². The molecule has 0 saturated heterocycles. The highest BCUT2D eigenvalue weighted by Crippen LogP contribution is 2.35. The molecule has 0 unspecified atom stereocenters. The van der Waals surface area contributed by atoms with Crippen molar-refractivity contribution in [3.63, 3.8) is 0 Å². The quantitative estimate of drug-likeness (QED) is 0.418. The number of H-pyrrole nitrogens is 1. The van der Waals surface area contributed by atoms with Crippen LogP contribution in [0.5, 0.6) is 0 Å². The second-order valence-electron chi connectivity index (χ2n) is 5.55. The molecule has 2 nitrogen and oxygen atoms in total. The van der Waals surface area contributed by atoms with Gasteiger partial charge in [-0.3, -0.25) is 0 Å². The van der Waals surface area contributed by atoms with Crippen LogP contribution < -0.4 is 0 Å². The zero-order chi connectivity index (χ0) is 14.5. The summed E-state index contributed by atoms with van der Waals surface area (Å²) >= 11 is 0. The highest BCUT2D eigenvalue weighted by Gasteiger charge is 2.13. The lowest BCUT2D eigenvalue weighted by Gasteiger charge is -2.00. The number of fused-ring (bicyclic) bond motifs is 5. The van der Waals surface area contributed by atoms with Crippen molar-refractivity contribution in [1.82, 2.24) is 4.98 Å². The zero-order valence-electron chi connectivity index (χ0n) is 11.8. The summed E-state index contributed by atoms with van der Waals surface area (Å²) in [6, 6.07) is 25.0. The Balaban J connectivity index is 1.85. The molecule has 0 aliphatic carbocycles. The Bertz CT molecular complexity index is 1120. The Morgan fingerprint density at radius 2 is 1.50 bits per heavy atom. The van der Waals surface area contributed by atoms with E-state index in [1.54, 1.807) is 0 Å². The van der Waals surface area contributed by atoms with Gasteiger partial charge in [-0.25, -0.2) is 0 Å². The second-order valence-corrected chi connectivity index (χ2v) is 5.55. The molecule has 3 aromatic carbocycles. The molecule has 2 heteroatoms. The van der Waals surface area contributed by atoms with E-state index in [2.05, 4.69) is 59.6 Å². The van der Waals surface area contributed by atoms with Crippen LogP contribution in [-0.4, -0.2) is 4.98 Å². The number of furan rings is 1. The number of rotatable bonds is 1. The van der Waals surface area contributed by atoms with Gasteiger partial charge in [0.05, 0.1) is 5.52 Å². The maximum absolute atomic E-state index is 6.07. The highest BCUT2D eigenvalue weighted by atomic mass is 16.3. The number of hydrogen-bond donors (Lipinski definition) is 1. The minimum absolute atomic E-state index is 0.923. The van der Waals surface area contributed by atoms with Crippen molar-refractivity contribution in [2.75, 3.05) is 0 Å². The molecular weight excluding hydrogens is 270 g/mol. The summed E-state index contributed by atoms with van der Waals surface area (Å²) in [6.45, 7) is 0. The third-order valence-electron chi connectivity index (χ3n) is 4.23. The SMILES string of the molecule is c1ccc(-c2ccc3oc4c5ccccc5[nH]c4c3c2)cc1. The summed E-state index contributed by atoms with van der Waals surface area (Å²) in [5.41, 5.74) is 6.48. The van der Waals surface area contributed by atoms with E-state index in [-0.39, 0.29) is 0 Å². The molecule has 0 atom stereocenters. The maximum atomic E-state index is 6.07. The molecule has 2 heterocycles. The Morgan fingerprint density at radius 3 is 2.41 bits per heavy atom. The Kier molecular flexibility index (Phi) is 2.25. The maximum Gasteiger partial charge on any atom is 0.160 e. The molecular formula is C20H13NO. The van der Waals surface area contributed by atoms with Crippen molar-refractivity contribution >= 4 is 33.0 Å². The van der Waals surface area contributed by atoms with Gasteiger partial charge in [0.2, 0.25) is 0 Å². The van der Waals surface area contributed by atoms with Crippen molar-refractivity contribution in [3.8, 4) is 11.1 Å². The first-order chi connectivity index (χ1) is 10.9. The van der Waals surface area contributed by atoms with E-state index in [9.17, 15) is 0 Å². The predicted octanol–water partition coefficient (Wildman–Crippen LogP) is 5.73. The van der Waals surface area contributed by atoms with E-state index in [1.807, 2.05) is 18.2 Å². The van der Waals surface area contributed by atoms with Gasteiger partial charge in [0, 0.05) is 16.3 Å². The molecule has 5 rings (SSSR count). The average molecular weight is 283 g/mol. The van der Waals surface area contributed by atoms with E-state index < -0.39 is 0 Å². The van der Waals surface area contributed by atoms with Crippen LogP contribution in [0.3, 0.4) is 0 Å². The Hall–Kier alpha value is -3.00. The van der Waals surface area contributed by atoms with Gasteiger partial charge in [-0.1, -0.05) is 48.5 Å². The zero-order valence-corrected chi connectivity index (χ0v) is 11.8. The van der Waals surface area contributed by atoms with Crippen molar-refractivity contribution in [2.45, 2.75) is 0 Å². The van der Waals surface area contributed by atoms with Crippen LogP contribution in [0, 0.1) is 0 Å². The van der Waals surface area contributed by atoms with Crippen LogP contribution in [0.15, 0.2) is 77.2 Å². The Morgan fingerprint density at radius 1 is 0.682 bits per heavy atom. The average Bonchev–Trinajstić information content (AvgIpc) is 3.11. The lowest BCUT2D eigenvalue weighted by atomic mass is 10.0. The minimum Gasteiger partial charge on any atom is -0.454 e. The summed E-state index contributed by atoms with van der Waals surface area (Å²) in [4.78, 5) is 3.49. The van der Waals surface area contributed by atoms with Crippen LogP contribution in [0.25, 0.3) is 44.1 Å². The minimum atomic E-state index is 0.923. The fraction of sp³-hybridized carbons (Fsp3) is 0. The summed E-state index contributed by atoms with van der Waals surface area (Å²) < 4.78 is 6.07. The molecule has 0 fully saturated rings. The largest absolute Gasteiger partial charge is 0.454 e. The van der Waals surface area contributed by atoms with Crippen LogP contribution in [0.2, 0.25) is 0 Å². The molecule has 0 bridgehead atoms. The summed E-state index contributed by atoms with van der Waals surface area (Å²) in [6.07, 6.45) is 0. The van der Waals surface area contributed by atoms with Gasteiger partial charge in [0.25, 0.3) is 0 Å². The fourth-order valence-electron chi connectivity index (χ4n) is 3.15. The molecule has 104 valence electrons. The van der Waals surface area contributed by atoms with Crippen molar-refractivity contribution in [3.05, 3.63) is 72.8 Å². The molecule has 0 aliphatic heterocycles. The monoisotopic (exact) mass is 283 g/mol. The highest BCUT2D eigenvalue weighted by molar-refractivity contribution is 6.15. The van der Waals surface area contributed by atoms with E-state index in [0.29, 0.717) is 0 Å². The van der Waals surface area contributed by atoms with Crippen LogP contribution in [0.4, 0.5) is 0 Å². The van der Waals surface area contributed by atoms with Gasteiger partial charge in [-0.15, -0.1) is 0 Å². The molecule has 1 N–H and O–H groups in total. The number of aromatic nitrogens is 1. The van der Waals surface area contributed by atoms with Crippen LogP contribution >= 0.6 is 0 Å². The van der Waals surface area contributed by atoms with Gasteiger partial charge in [0.1, 0.15) is 5.58 Å². The van der Waals surface area contributed by atoms with Crippen molar-refractivity contribution in [1.29, 1.82) is 0 Å². The smallest absolute Gasteiger partial charge is 0.160 e. The number of hydrogen-bond acceptors (Lipinski definition) is 1. The van der Waals surface area contributed by atoms with Gasteiger partial charge < -0.3 is 9.40 Å². The molecule has 22 heavy (non-hydrogen) atoms. The number of para-hydroxylation sites is 1. The number of nitrogens with one attached hydrogen (secondary N) is 1. The first kappa shape index (κ1) is 11.6. The van der Waals surface area contributed by atoms with Gasteiger partial charge in [0.15, 0.2) is 5.58 Å². The molecule has 2 aromatic heterocycles. The predicted molar refractivity (Wildman–Crippen MR) is 91.0 cm³/mol. The third kappa shape index (κ3) is 1.55. The first-order valence-corrected chi connectivity index (χ1v) is 7.38. The molecule has 5 aromatic rings. The van der Waals surface area contributed by atoms with E-state index in [4.69, 9.17) is 4.42 Å². The fourth-order valence-corrected chi connectivity index (χ4v) is 3.15.